The Balaban J connectivity index is 2.10. The summed E-state index contributed by atoms with van der Waals surface area (Å²) >= 11 is 6.07. The zero-order valence-corrected chi connectivity index (χ0v) is 13.7. The molecular formula is C16H18ClFN4O. The van der Waals surface area contributed by atoms with Crippen LogP contribution in [-0.4, -0.2) is 29.9 Å². The lowest BCUT2D eigenvalue weighted by Crippen LogP contribution is -2.13. The summed E-state index contributed by atoms with van der Waals surface area (Å²) in [5, 5.41) is 3.37. The molecule has 0 fully saturated rings. The molecule has 1 aromatic carbocycles. The zero-order valence-electron chi connectivity index (χ0n) is 12.9. The summed E-state index contributed by atoms with van der Waals surface area (Å²) in [7, 11) is 3.77. The summed E-state index contributed by atoms with van der Waals surface area (Å²) in [4.78, 5) is 17.0. The van der Waals surface area contributed by atoms with Crippen LogP contribution in [-0.2, 0) is 13.1 Å². The predicted octanol–water partition coefficient (Wildman–Crippen LogP) is 2.65. The summed E-state index contributed by atoms with van der Waals surface area (Å²) < 4.78 is 13.8. The van der Waals surface area contributed by atoms with E-state index in [2.05, 4.69) is 10.3 Å². The van der Waals surface area contributed by atoms with E-state index in [1.807, 2.05) is 19.0 Å². The number of halogens is 2. The number of carbonyl (C=O) groups excluding carboxylic acids is 1. The summed E-state index contributed by atoms with van der Waals surface area (Å²) in [5.74, 6) is -0.377. The Morgan fingerprint density at radius 2 is 2.13 bits per heavy atom. The first-order valence-corrected chi connectivity index (χ1v) is 7.36. The van der Waals surface area contributed by atoms with Gasteiger partial charge in [-0.1, -0.05) is 17.7 Å². The molecule has 0 radical (unpaired) electrons. The highest BCUT2D eigenvalue weighted by Gasteiger charge is 2.08. The normalized spacial score (nSPS) is 10.8. The van der Waals surface area contributed by atoms with Crippen LogP contribution in [0, 0.1) is 5.82 Å². The molecule has 1 heterocycles. The van der Waals surface area contributed by atoms with E-state index in [0.717, 1.165) is 5.56 Å². The summed E-state index contributed by atoms with van der Waals surface area (Å²) in [6, 6.07) is 6.41. The minimum absolute atomic E-state index is 0.232. The van der Waals surface area contributed by atoms with E-state index in [9.17, 15) is 9.18 Å². The van der Waals surface area contributed by atoms with E-state index >= 15 is 0 Å². The van der Waals surface area contributed by atoms with Gasteiger partial charge in [-0.3, -0.25) is 4.79 Å². The van der Waals surface area contributed by atoms with Crippen LogP contribution in [0.1, 0.15) is 21.5 Å². The van der Waals surface area contributed by atoms with E-state index in [1.165, 1.54) is 18.3 Å². The molecule has 0 unspecified atom stereocenters. The van der Waals surface area contributed by atoms with Gasteiger partial charge in [0.15, 0.2) is 0 Å². The van der Waals surface area contributed by atoms with Gasteiger partial charge in [-0.15, -0.1) is 0 Å². The third kappa shape index (κ3) is 4.64. The quantitative estimate of drug-likeness (QED) is 0.850. The van der Waals surface area contributed by atoms with Crippen molar-refractivity contribution < 1.29 is 9.18 Å². The van der Waals surface area contributed by atoms with Crippen molar-refractivity contribution in [2.24, 2.45) is 5.73 Å². The number of benzene rings is 1. The Kier molecular flexibility index (Phi) is 5.52. The third-order valence-corrected chi connectivity index (χ3v) is 3.47. The van der Waals surface area contributed by atoms with Crippen LogP contribution in [0.5, 0.6) is 0 Å². The van der Waals surface area contributed by atoms with Gasteiger partial charge >= 0.3 is 0 Å². The maximum absolute atomic E-state index is 13.8. The number of rotatable bonds is 6. The smallest absolute Gasteiger partial charge is 0.250 e. The lowest BCUT2D eigenvalue weighted by atomic mass is 10.1. The van der Waals surface area contributed by atoms with Gasteiger partial charge in [-0.2, -0.15) is 0 Å². The van der Waals surface area contributed by atoms with E-state index in [1.54, 1.807) is 12.1 Å². The minimum Gasteiger partial charge on any atom is -0.366 e. The molecule has 7 heteroatoms. The topological polar surface area (TPSA) is 71.2 Å². The molecule has 122 valence electrons. The number of nitrogens with zero attached hydrogens (tertiary/aromatic N) is 2. The summed E-state index contributed by atoms with van der Waals surface area (Å²) in [5.41, 5.74) is 6.94. The van der Waals surface area contributed by atoms with Gasteiger partial charge in [-0.05, 0) is 37.9 Å². The Morgan fingerprint density at radius 3 is 2.74 bits per heavy atom. The van der Waals surface area contributed by atoms with Gasteiger partial charge in [0.25, 0.3) is 0 Å². The van der Waals surface area contributed by atoms with Gasteiger partial charge in [-0.25, -0.2) is 9.37 Å². The van der Waals surface area contributed by atoms with Crippen molar-refractivity contribution in [3.05, 3.63) is 58.0 Å². The van der Waals surface area contributed by atoms with Gasteiger partial charge in [0.1, 0.15) is 11.6 Å². The predicted molar refractivity (Wildman–Crippen MR) is 88.9 cm³/mol. The first-order valence-electron chi connectivity index (χ1n) is 6.98. The van der Waals surface area contributed by atoms with Crippen LogP contribution in [0.15, 0.2) is 30.5 Å². The lowest BCUT2D eigenvalue weighted by molar-refractivity contribution is 0.1000. The molecule has 23 heavy (non-hydrogen) atoms. The molecule has 0 saturated heterocycles. The maximum Gasteiger partial charge on any atom is 0.250 e. The number of nitrogens with two attached hydrogens (primary N) is 1. The van der Waals surface area contributed by atoms with Gasteiger partial charge in [0.05, 0.1) is 10.6 Å². The fourth-order valence-corrected chi connectivity index (χ4v) is 2.32. The molecule has 2 aromatic rings. The van der Waals surface area contributed by atoms with E-state index < -0.39 is 5.91 Å². The Bertz CT molecular complexity index is 721. The Hall–Kier alpha value is -2.18. The maximum atomic E-state index is 13.8. The van der Waals surface area contributed by atoms with Crippen molar-refractivity contribution in [3.63, 3.8) is 0 Å². The molecule has 0 bridgehead atoms. The van der Waals surface area contributed by atoms with E-state index in [0.29, 0.717) is 29.5 Å². The van der Waals surface area contributed by atoms with Crippen molar-refractivity contribution in [2.75, 3.05) is 19.4 Å². The highest BCUT2D eigenvalue weighted by atomic mass is 35.5. The molecule has 3 N–H and O–H groups in total. The molecule has 1 aromatic heterocycles. The van der Waals surface area contributed by atoms with Crippen LogP contribution < -0.4 is 11.1 Å². The van der Waals surface area contributed by atoms with Crippen molar-refractivity contribution in [1.82, 2.24) is 9.88 Å². The molecule has 1 amide bonds. The monoisotopic (exact) mass is 336 g/mol. The van der Waals surface area contributed by atoms with Crippen molar-refractivity contribution in [2.45, 2.75) is 13.1 Å². The SMILES string of the molecule is CN(C)Cc1cc(CNc2ncc(C(N)=O)cc2Cl)ccc1F. The average Bonchev–Trinajstić information content (AvgIpc) is 2.48. The van der Waals surface area contributed by atoms with Crippen molar-refractivity contribution >= 4 is 23.3 Å². The fraction of sp³-hybridized carbons (Fsp3) is 0.250. The van der Waals surface area contributed by atoms with Gasteiger partial charge < -0.3 is 16.0 Å². The van der Waals surface area contributed by atoms with Crippen LogP contribution in [0.3, 0.4) is 0 Å². The summed E-state index contributed by atoms with van der Waals surface area (Å²) in [6.07, 6.45) is 1.36. The fourth-order valence-electron chi connectivity index (χ4n) is 2.09. The van der Waals surface area contributed by atoms with E-state index in [4.69, 9.17) is 17.3 Å². The molecule has 0 spiro atoms. The van der Waals surface area contributed by atoms with E-state index in [-0.39, 0.29) is 11.4 Å². The number of anilines is 1. The standard InChI is InChI=1S/C16H18ClFN4O/c1-22(2)9-12-5-10(3-4-14(12)18)7-20-16-13(17)6-11(8-21-16)15(19)23/h3-6,8H,7,9H2,1-2H3,(H2,19,23)(H,20,21). The molecule has 0 aliphatic rings. The second-order valence-electron chi connectivity index (χ2n) is 5.44. The van der Waals surface area contributed by atoms with Crippen LogP contribution >= 0.6 is 11.6 Å². The largest absolute Gasteiger partial charge is 0.366 e. The van der Waals surface area contributed by atoms with Gasteiger partial charge in [0, 0.05) is 24.8 Å². The number of amides is 1. The second kappa shape index (κ2) is 7.39. The highest BCUT2D eigenvalue weighted by molar-refractivity contribution is 6.33. The molecule has 0 aliphatic carbocycles. The third-order valence-electron chi connectivity index (χ3n) is 3.18. The van der Waals surface area contributed by atoms with Crippen molar-refractivity contribution in [3.8, 4) is 0 Å². The Morgan fingerprint density at radius 1 is 1.39 bits per heavy atom. The average molecular weight is 337 g/mol. The number of hydrogen-bond donors (Lipinski definition) is 2. The number of pyridine rings is 1. The number of nitrogens with one attached hydrogen (secondary N) is 1. The van der Waals surface area contributed by atoms with Crippen LogP contribution in [0.2, 0.25) is 5.02 Å². The molecular weight excluding hydrogens is 319 g/mol. The first-order chi connectivity index (χ1) is 10.9. The molecule has 0 saturated carbocycles. The lowest BCUT2D eigenvalue weighted by Gasteiger charge is -2.13. The number of aromatic nitrogens is 1. The Labute approximate surface area is 139 Å². The summed E-state index contributed by atoms with van der Waals surface area (Å²) in [6.45, 7) is 0.954. The number of primary amides is 1. The highest BCUT2D eigenvalue weighted by Crippen LogP contribution is 2.21. The minimum atomic E-state index is -0.585. The van der Waals surface area contributed by atoms with Crippen LogP contribution in [0.4, 0.5) is 10.2 Å². The molecule has 0 aliphatic heterocycles. The molecule has 5 nitrogen and oxygen atoms in total. The molecule has 0 atom stereocenters. The first kappa shape index (κ1) is 17.2. The number of carbonyl (C=O) groups is 1. The van der Waals surface area contributed by atoms with Crippen molar-refractivity contribution in [1.29, 1.82) is 0 Å². The number of hydrogen-bond acceptors (Lipinski definition) is 4. The molecule has 2 rings (SSSR count). The van der Waals surface area contributed by atoms with Crippen LogP contribution in [0.25, 0.3) is 0 Å². The van der Waals surface area contributed by atoms with Gasteiger partial charge in [0.2, 0.25) is 5.91 Å². The zero-order chi connectivity index (χ0) is 17.0. The second-order valence-corrected chi connectivity index (χ2v) is 5.84.